The summed E-state index contributed by atoms with van der Waals surface area (Å²) in [5.41, 5.74) is 6.57. The number of rotatable bonds is 5. The molecule has 1 amide bonds. The first-order valence-corrected chi connectivity index (χ1v) is 6.25. The lowest BCUT2D eigenvalue weighted by Crippen LogP contribution is -2.31. The fourth-order valence-corrected chi connectivity index (χ4v) is 1.57. The lowest BCUT2D eigenvalue weighted by Gasteiger charge is -2.18. The Hall–Kier alpha value is -1.62. The van der Waals surface area contributed by atoms with Crippen LogP contribution < -0.4 is 5.73 Å². The molecular formula is C14H21FN2O2. The fraction of sp³-hybridized carbons (Fsp3) is 0.500. The fourth-order valence-electron chi connectivity index (χ4n) is 1.57. The Morgan fingerprint density at radius 3 is 2.63 bits per heavy atom. The second kappa shape index (κ2) is 6.52. The summed E-state index contributed by atoms with van der Waals surface area (Å²) in [6.45, 7) is 6.34. The summed E-state index contributed by atoms with van der Waals surface area (Å²) in [6, 6.07) is 2.72. The van der Waals surface area contributed by atoms with Crippen molar-refractivity contribution in [3.63, 3.8) is 0 Å². The summed E-state index contributed by atoms with van der Waals surface area (Å²) in [4.78, 5) is 13.6. The smallest absolute Gasteiger partial charge is 0.253 e. The zero-order valence-corrected chi connectivity index (χ0v) is 11.9. The number of likely N-dealkylation sites (N-methyl/N-ethyl adjacent to an activating group) is 1. The van der Waals surface area contributed by atoms with Gasteiger partial charge in [0.2, 0.25) is 0 Å². The van der Waals surface area contributed by atoms with Crippen LogP contribution in [0.2, 0.25) is 0 Å². The monoisotopic (exact) mass is 268 g/mol. The largest absolute Gasteiger partial charge is 0.398 e. The van der Waals surface area contributed by atoms with Crippen LogP contribution in [0.5, 0.6) is 0 Å². The molecule has 0 saturated carbocycles. The van der Waals surface area contributed by atoms with Gasteiger partial charge in [0.15, 0.2) is 0 Å². The molecular weight excluding hydrogens is 247 g/mol. The maximum absolute atomic E-state index is 13.5. The minimum Gasteiger partial charge on any atom is -0.398 e. The van der Waals surface area contributed by atoms with Gasteiger partial charge < -0.3 is 15.4 Å². The van der Waals surface area contributed by atoms with E-state index in [1.54, 1.807) is 14.0 Å². The minimum absolute atomic E-state index is 0.121. The summed E-state index contributed by atoms with van der Waals surface area (Å²) >= 11 is 0. The number of ether oxygens (including phenoxy) is 1. The molecule has 106 valence electrons. The molecule has 0 unspecified atom stereocenters. The molecule has 19 heavy (non-hydrogen) atoms. The van der Waals surface area contributed by atoms with E-state index in [0.29, 0.717) is 18.7 Å². The lowest BCUT2D eigenvalue weighted by molar-refractivity contribution is 0.0532. The molecule has 0 heterocycles. The number of hydrogen-bond donors (Lipinski definition) is 1. The summed E-state index contributed by atoms with van der Waals surface area (Å²) in [5.74, 6) is -0.729. The van der Waals surface area contributed by atoms with Crippen molar-refractivity contribution >= 4 is 11.6 Å². The standard InChI is InChI=1S/C14H21FN2O2/c1-9(2)19-6-5-17(4)14(18)11-7-12(15)10(3)13(16)8-11/h7-9H,5-6,16H2,1-4H3. The van der Waals surface area contributed by atoms with E-state index in [9.17, 15) is 9.18 Å². The third-order valence-corrected chi connectivity index (χ3v) is 2.86. The molecule has 1 rings (SSSR count). The Balaban J connectivity index is 2.72. The number of benzene rings is 1. The minimum atomic E-state index is -0.463. The van der Waals surface area contributed by atoms with Gasteiger partial charge >= 0.3 is 0 Å². The highest BCUT2D eigenvalue weighted by atomic mass is 19.1. The van der Waals surface area contributed by atoms with Gasteiger partial charge in [0.05, 0.1) is 12.7 Å². The van der Waals surface area contributed by atoms with Crippen molar-refractivity contribution in [1.82, 2.24) is 4.90 Å². The molecule has 0 aromatic heterocycles. The maximum Gasteiger partial charge on any atom is 0.253 e. The van der Waals surface area contributed by atoms with Crippen LogP contribution in [0, 0.1) is 12.7 Å². The number of carbonyl (C=O) groups is 1. The molecule has 5 heteroatoms. The molecule has 2 N–H and O–H groups in total. The van der Waals surface area contributed by atoms with Crippen LogP contribution in [0.15, 0.2) is 12.1 Å². The van der Waals surface area contributed by atoms with Gasteiger partial charge in [-0.05, 0) is 32.9 Å². The summed E-state index contributed by atoms with van der Waals surface area (Å²) in [6.07, 6.45) is 0.121. The second-order valence-electron chi connectivity index (χ2n) is 4.82. The molecule has 0 aliphatic carbocycles. The first-order valence-electron chi connectivity index (χ1n) is 6.25. The van der Waals surface area contributed by atoms with Crippen LogP contribution in [0.4, 0.5) is 10.1 Å². The summed E-state index contributed by atoms with van der Waals surface area (Å²) < 4.78 is 18.9. The average Bonchev–Trinajstić information content (AvgIpc) is 2.33. The third-order valence-electron chi connectivity index (χ3n) is 2.86. The predicted molar refractivity (Wildman–Crippen MR) is 73.6 cm³/mol. The van der Waals surface area contributed by atoms with Gasteiger partial charge in [-0.15, -0.1) is 0 Å². The van der Waals surface area contributed by atoms with Crippen molar-refractivity contribution in [2.75, 3.05) is 25.9 Å². The molecule has 0 saturated heterocycles. The van der Waals surface area contributed by atoms with Crippen molar-refractivity contribution in [2.24, 2.45) is 0 Å². The highest BCUT2D eigenvalue weighted by Gasteiger charge is 2.15. The van der Waals surface area contributed by atoms with E-state index < -0.39 is 5.82 Å². The summed E-state index contributed by atoms with van der Waals surface area (Å²) in [7, 11) is 1.65. The molecule has 0 atom stereocenters. The Kier molecular flexibility index (Phi) is 5.30. The number of amides is 1. The first-order chi connectivity index (χ1) is 8.82. The number of halogens is 1. The molecule has 0 aliphatic heterocycles. The van der Waals surface area contributed by atoms with Gasteiger partial charge in [0.1, 0.15) is 5.82 Å². The van der Waals surface area contributed by atoms with E-state index >= 15 is 0 Å². The highest BCUT2D eigenvalue weighted by Crippen LogP contribution is 2.18. The Morgan fingerprint density at radius 1 is 1.47 bits per heavy atom. The van der Waals surface area contributed by atoms with Crippen LogP contribution in [-0.2, 0) is 4.74 Å². The number of nitrogens with zero attached hydrogens (tertiary/aromatic N) is 1. The van der Waals surface area contributed by atoms with Gasteiger partial charge in [-0.2, -0.15) is 0 Å². The van der Waals surface area contributed by atoms with Gasteiger partial charge in [-0.3, -0.25) is 4.79 Å². The molecule has 0 radical (unpaired) electrons. The van der Waals surface area contributed by atoms with Crippen molar-refractivity contribution in [3.8, 4) is 0 Å². The van der Waals surface area contributed by atoms with Gasteiger partial charge in [0.25, 0.3) is 5.91 Å². The van der Waals surface area contributed by atoms with Crippen LogP contribution in [0.3, 0.4) is 0 Å². The quantitative estimate of drug-likeness (QED) is 0.833. The number of hydrogen-bond acceptors (Lipinski definition) is 3. The topological polar surface area (TPSA) is 55.6 Å². The van der Waals surface area contributed by atoms with Gasteiger partial charge in [-0.1, -0.05) is 0 Å². The van der Waals surface area contributed by atoms with E-state index in [4.69, 9.17) is 10.5 Å². The zero-order valence-electron chi connectivity index (χ0n) is 11.9. The van der Waals surface area contributed by atoms with E-state index in [2.05, 4.69) is 0 Å². The third kappa shape index (κ3) is 4.21. The maximum atomic E-state index is 13.5. The normalized spacial score (nSPS) is 10.8. The number of anilines is 1. The molecule has 4 nitrogen and oxygen atoms in total. The molecule has 0 fully saturated rings. The van der Waals surface area contributed by atoms with Crippen LogP contribution in [-0.4, -0.2) is 37.1 Å². The van der Waals surface area contributed by atoms with E-state index in [0.717, 1.165) is 0 Å². The Labute approximate surface area is 113 Å². The lowest BCUT2D eigenvalue weighted by atomic mass is 10.1. The van der Waals surface area contributed by atoms with Crippen molar-refractivity contribution in [3.05, 3.63) is 29.1 Å². The number of carbonyl (C=O) groups excluding carboxylic acids is 1. The van der Waals surface area contributed by atoms with Gasteiger partial charge in [-0.25, -0.2) is 4.39 Å². The molecule has 1 aromatic rings. The second-order valence-corrected chi connectivity index (χ2v) is 4.82. The predicted octanol–water partition coefficient (Wildman–Crippen LogP) is 2.21. The molecule has 0 spiro atoms. The molecule has 0 aliphatic rings. The molecule has 1 aromatic carbocycles. The van der Waals surface area contributed by atoms with Crippen molar-refractivity contribution in [2.45, 2.75) is 26.9 Å². The van der Waals surface area contributed by atoms with Crippen molar-refractivity contribution in [1.29, 1.82) is 0 Å². The average molecular weight is 268 g/mol. The van der Waals surface area contributed by atoms with E-state index in [-0.39, 0.29) is 23.3 Å². The van der Waals surface area contributed by atoms with Crippen molar-refractivity contribution < 1.29 is 13.9 Å². The Bertz CT molecular complexity index is 438. The van der Waals surface area contributed by atoms with E-state index in [1.165, 1.54) is 17.0 Å². The van der Waals surface area contributed by atoms with E-state index in [1.807, 2.05) is 13.8 Å². The SMILES string of the molecule is Cc1c(N)cc(C(=O)N(C)CCOC(C)C)cc1F. The van der Waals surface area contributed by atoms with Crippen LogP contribution >= 0.6 is 0 Å². The summed E-state index contributed by atoms with van der Waals surface area (Å²) in [5, 5.41) is 0. The Morgan fingerprint density at radius 2 is 2.11 bits per heavy atom. The molecule has 0 bridgehead atoms. The van der Waals surface area contributed by atoms with Crippen LogP contribution in [0.1, 0.15) is 29.8 Å². The zero-order chi connectivity index (χ0) is 14.6. The van der Waals surface area contributed by atoms with Gasteiger partial charge in [0, 0.05) is 30.4 Å². The van der Waals surface area contributed by atoms with Crippen LogP contribution in [0.25, 0.3) is 0 Å². The first kappa shape index (κ1) is 15.4. The number of nitrogens with two attached hydrogens (primary N) is 1. The number of nitrogen functional groups attached to an aromatic ring is 1. The highest BCUT2D eigenvalue weighted by molar-refractivity contribution is 5.95.